The Kier molecular flexibility index (Phi) is 5.76. The monoisotopic (exact) mass is 338 g/mol. The first kappa shape index (κ1) is 18.5. The number of amides is 3. The smallest absolute Gasteiger partial charge is 0.297 e. The van der Waals surface area contributed by atoms with E-state index in [0.717, 1.165) is 5.56 Å². The molecule has 0 saturated heterocycles. The Morgan fingerprint density at radius 3 is 2.32 bits per heavy atom. The summed E-state index contributed by atoms with van der Waals surface area (Å²) in [6, 6.07) is 8.04. The van der Waals surface area contributed by atoms with Crippen molar-refractivity contribution >= 4 is 17.7 Å². The number of carbonyl (C=O) groups is 3. The minimum atomic E-state index is -0.697. The lowest BCUT2D eigenvalue weighted by atomic mass is 9.90. The number of urea groups is 1. The van der Waals surface area contributed by atoms with Crippen molar-refractivity contribution in [3.05, 3.63) is 47.2 Å². The summed E-state index contributed by atoms with van der Waals surface area (Å²) in [5.41, 5.74) is 1.79. The second-order valence-electron chi connectivity index (χ2n) is 5.87. The first-order chi connectivity index (χ1) is 11.9. The molecule has 1 aliphatic heterocycles. The summed E-state index contributed by atoms with van der Waals surface area (Å²) in [6.45, 7) is 6.63. The third-order valence-corrected chi connectivity index (χ3v) is 4.23. The molecule has 0 aliphatic carbocycles. The van der Waals surface area contributed by atoms with E-state index in [4.69, 9.17) is 0 Å². The number of carbonyl (C=O) groups excluding carboxylic acids is 3. The molecule has 5 nitrogen and oxygen atoms in total. The minimum absolute atomic E-state index is 0.156. The van der Waals surface area contributed by atoms with Crippen molar-refractivity contribution in [1.82, 2.24) is 9.80 Å². The van der Waals surface area contributed by atoms with Gasteiger partial charge in [-0.05, 0) is 26.3 Å². The molecular weight excluding hydrogens is 316 g/mol. The van der Waals surface area contributed by atoms with Gasteiger partial charge in [0, 0.05) is 31.2 Å². The number of Topliss-reactive ketones (excluding diaryl/α,β-unsaturated/α-hetero) is 1. The Morgan fingerprint density at radius 1 is 1.16 bits per heavy atom. The summed E-state index contributed by atoms with van der Waals surface area (Å²) >= 11 is 0. The van der Waals surface area contributed by atoms with Crippen molar-refractivity contribution < 1.29 is 14.4 Å². The zero-order valence-electron chi connectivity index (χ0n) is 15.0. The molecule has 0 bridgehead atoms. The van der Waals surface area contributed by atoms with Crippen molar-refractivity contribution in [3.63, 3.8) is 0 Å². The largest absolute Gasteiger partial charge is 0.331 e. The van der Waals surface area contributed by atoms with Crippen molar-refractivity contribution in [2.45, 2.75) is 40.2 Å². The molecule has 25 heavy (non-hydrogen) atoms. The van der Waals surface area contributed by atoms with E-state index >= 15 is 0 Å². The molecule has 3 amide bonds. The molecule has 0 saturated carbocycles. The Labute approximate surface area is 148 Å². The molecule has 0 radical (unpaired) electrons. The van der Waals surface area contributed by atoms with Crippen LogP contribution in [0.5, 0.6) is 0 Å². The predicted octanol–water partition coefficient (Wildman–Crippen LogP) is 3.29. The van der Waals surface area contributed by atoms with Crippen LogP contribution in [0.4, 0.5) is 4.79 Å². The fraction of sp³-hybridized carbons (Fsp3) is 0.350. The minimum Gasteiger partial charge on any atom is -0.297 e. The molecule has 1 unspecified atom stereocenters. The number of nitrogens with zero attached hydrogens (tertiary/aromatic N) is 2. The van der Waals surface area contributed by atoms with Crippen LogP contribution >= 0.6 is 0 Å². The highest BCUT2D eigenvalue weighted by Crippen LogP contribution is 2.37. The van der Waals surface area contributed by atoms with Gasteiger partial charge >= 0.3 is 6.03 Å². The lowest BCUT2D eigenvalue weighted by molar-refractivity contribution is -0.128. The Balaban J connectivity index is 2.62. The Morgan fingerprint density at radius 2 is 1.80 bits per heavy atom. The number of benzene rings is 1. The van der Waals surface area contributed by atoms with Crippen LogP contribution < -0.4 is 0 Å². The zero-order chi connectivity index (χ0) is 18.6. The Bertz CT molecular complexity index is 784. The fourth-order valence-electron chi connectivity index (χ4n) is 3.13. The third-order valence-electron chi connectivity index (χ3n) is 4.23. The molecule has 2 rings (SSSR count). The van der Waals surface area contributed by atoms with Crippen molar-refractivity contribution in [3.8, 4) is 11.8 Å². The summed E-state index contributed by atoms with van der Waals surface area (Å²) in [6.07, 6.45) is 0.479. The number of ketones is 1. The highest BCUT2D eigenvalue weighted by Gasteiger charge is 2.42. The van der Waals surface area contributed by atoms with E-state index < -0.39 is 18.0 Å². The topological polar surface area (TPSA) is 57.7 Å². The van der Waals surface area contributed by atoms with Gasteiger partial charge in [0.05, 0.1) is 6.04 Å². The summed E-state index contributed by atoms with van der Waals surface area (Å²) in [4.78, 5) is 40.2. The van der Waals surface area contributed by atoms with Crippen LogP contribution in [-0.2, 0) is 9.59 Å². The van der Waals surface area contributed by atoms with Gasteiger partial charge in [0.25, 0.3) is 0 Å². The van der Waals surface area contributed by atoms with Gasteiger partial charge in [-0.3, -0.25) is 19.4 Å². The molecule has 5 heteroatoms. The molecule has 1 aliphatic rings. The van der Waals surface area contributed by atoms with E-state index in [1.165, 1.54) is 23.6 Å². The van der Waals surface area contributed by atoms with E-state index in [1.54, 1.807) is 13.8 Å². The van der Waals surface area contributed by atoms with Crippen LogP contribution in [0.3, 0.4) is 0 Å². The standard InChI is InChI=1S/C20H22N2O3/c1-5-6-10-13-21-14(2)18(15(3)23)19(17-11-8-7-9-12-17)22(16(4)24)20(21)25/h7-9,11-12,19H,10,13H2,1-4H3. The van der Waals surface area contributed by atoms with Crippen LogP contribution in [-0.4, -0.2) is 34.1 Å². The second kappa shape index (κ2) is 7.80. The van der Waals surface area contributed by atoms with Crippen LogP contribution in [0.2, 0.25) is 0 Å². The summed E-state index contributed by atoms with van der Waals surface area (Å²) in [5.74, 6) is 5.15. The van der Waals surface area contributed by atoms with Gasteiger partial charge in [-0.15, -0.1) is 11.8 Å². The molecular formula is C20H22N2O3. The third kappa shape index (κ3) is 3.63. The van der Waals surface area contributed by atoms with Crippen LogP contribution in [0.1, 0.15) is 45.7 Å². The average molecular weight is 338 g/mol. The van der Waals surface area contributed by atoms with Gasteiger partial charge in [0.2, 0.25) is 5.91 Å². The SMILES string of the molecule is CC#CCCN1C(=O)N(C(C)=O)C(c2ccccc2)C(C(C)=O)=C1C. The number of rotatable bonds is 4. The maximum atomic E-state index is 13.0. The molecule has 1 aromatic rings. The lowest BCUT2D eigenvalue weighted by Gasteiger charge is -2.41. The summed E-state index contributed by atoms with van der Waals surface area (Å²) < 4.78 is 0. The van der Waals surface area contributed by atoms with Gasteiger partial charge in [-0.1, -0.05) is 30.3 Å². The zero-order valence-corrected chi connectivity index (χ0v) is 15.0. The van der Waals surface area contributed by atoms with Crippen LogP contribution in [0.15, 0.2) is 41.6 Å². The van der Waals surface area contributed by atoms with E-state index in [0.29, 0.717) is 24.2 Å². The normalized spacial score (nSPS) is 17.3. The molecule has 1 heterocycles. The molecule has 130 valence electrons. The number of imide groups is 1. The first-order valence-corrected chi connectivity index (χ1v) is 8.17. The van der Waals surface area contributed by atoms with E-state index in [9.17, 15) is 14.4 Å². The van der Waals surface area contributed by atoms with Crippen molar-refractivity contribution in [2.75, 3.05) is 6.54 Å². The maximum Gasteiger partial charge on any atom is 0.331 e. The number of hydrogen-bond acceptors (Lipinski definition) is 3. The lowest BCUT2D eigenvalue weighted by Crippen LogP contribution is -2.52. The molecule has 0 fully saturated rings. The number of hydrogen-bond donors (Lipinski definition) is 0. The fourth-order valence-corrected chi connectivity index (χ4v) is 3.13. The van der Waals surface area contributed by atoms with E-state index in [1.807, 2.05) is 30.3 Å². The molecule has 0 spiro atoms. The quantitative estimate of drug-likeness (QED) is 0.792. The molecule has 0 aromatic heterocycles. The second-order valence-corrected chi connectivity index (χ2v) is 5.87. The number of allylic oxidation sites excluding steroid dienone is 1. The summed E-state index contributed by atoms with van der Waals surface area (Å²) in [7, 11) is 0. The molecule has 1 aromatic carbocycles. The van der Waals surface area contributed by atoms with Gasteiger partial charge in [-0.25, -0.2) is 4.79 Å². The predicted molar refractivity (Wildman–Crippen MR) is 95.3 cm³/mol. The highest BCUT2D eigenvalue weighted by atomic mass is 16.2. The van der Waals surface area contributed by atoms with Gasteiger partial charge in [0.1, 0.15) is 0 Å². The van der Waals surface area contributed by atoms with Gasteiger partial charge in [0.15, 0.2) is 5.78 Å². The van der Waals surface area contributed by atoms with Crippen molar-refractivity contribution in [1.29, 1.82) is 0 Å². The van der Waals surface area contributed by atoms with E-state index in [-0.39, 0.29) is 5.78 Å². The molecule has 0 N–H and O–H groups in total. The maximum absolute atomic E-state index is 13.0. The van der Waals surface area contributed by atoms with Crippen LogP contribution in [0.25, 0.3) is 0 Å². The van der Waals surface area contributed by atoms with Crippen molar-refractivity contribution in [2.24, 2.45) is 0 Å². The molecule has 1 atom stereocenters. The Hall–Kier alpha value is -2.87. The first-order valence-electron chi connectivity index (χ1n) is 8.17. The highest BCUT2D eigenvalue weighted by molar-refractivity contribution is 6.03. The van der Waals surface area contributed by atoms with E-state index in [2.05, 4.69) is 11.8 Å². The average Bonchev–Trinajstić information content (AvgIpc) is 2.57. The van der Waals surface area contributed by atoms with Crippen LogP contribution in [0, 0.1) is 11.8 Å². The summed E-state index contributed by atoms with van der Waals surface area (Å²) in [5, 5.41) is 0. The van der Waals surface area contributed by atoms with Gasteiger partial charge in [-0.2, -0.15) is 0 Å². The van der Waals surface area contributed by atoms with Gasteiger partial charge < -0.3 is 0 Å².